The number of rotatable bonds is 7. The molecule has 9 rings (SSSR count). The number of hydrogen-bond donors (Lipinski definition) is 0. The van der Waals surface area contributed by atoms with Crippen LogP contribution in [0.15, 0.2) is 156 Å². The molecule has 0 radical (unpaired) electrons. The van der Waals surface area contributed by atoms with Crippen molar-refractivity contribution < 1.29 is 4.42 Å². The van der Waals surface area contributed by atoms with Crippen molar-refractivity contribution in [1.82, 2.24) is 0 Å². The lowest BCUT2D eigenvalue weighted by Gasteiger charge is -2.28. The van der Waals surface area contributed by atoms with Crippen LogP contribution in [0.2, 0.25) is 0 Å². The van der Waals surface area contributed by atoms with Crippen LogP contribution < -0.4 is 4.90 Å². The highest BCUT2D eigenvalue weighted by Crippen LogP contribution is 2.51. The molecule has 1 aliphatic carbocycles. The predicted molar refractivity (Wildman–Crippen MR) is 216 cm³/mol. The molecule has 0 amide bonds. The molecule has 0 atom stereocenters. The van der Waals surface area contributed by atoms with E-state index in [1.165, 1.54) is 55.6 Å². The van der Waals surface area contributed by atoms with Crippen LogP contribution in [-0.4, -0.2) is 0 Å². The lowest BCUT2D eigenvalue weighted by Crippen LogP contribution is -2.15. The molecule has 248 valence electrons. The summed E-state index contributed by atoms with van der Waals surface area (Å²) in [5, 5.41) is 2.29. The van der Waals surface area contributed by atoms with Gasteiger partial charge < -0.3 is 9.32 Å². The molecular formula is C49H41NO. The van der Waals surface area contributed by atoms with Crippen molar-refractivity contribution in [3.8, 4) is 33.4 Å². The Morgan fingerprint density at radius 2 is 1.04 bits per heavy atom. The smallest absolute Gasteiger partial charge is 0.135 e. The topological polar surface area (TPSA) is 16.4 Å². The molecule has 1 aromatic heterocycles. The van der Waals surface area contributed by atoms with Crippen LogP contribution in [0, 0.1) is 0 Å². The van der Waals surface area contributed by atoms with E-state index in [1.807, 2.05) is 12.1 Å². The first-order chi connectivity index (χ1) is 24.9. The van der Waals surface area contributed by atoms with Crippen molar-refractivity contribution in [2.45, 2.75) is 46.0 Å². The van der Waals surface area contributed by atoms with E-state index in [1.54, 1.807) is 0 Å². The molecule has 51 heavy (non-hydrogen) atoms. The summed E-state index contributed by atoms with van der Waals surface area (Å²) in [5.74, 6) is 0. The summed E-state index contributed by atoms with van der Waals surface area (Å²) >= 11 is 0. The predicted octanol–water partition coefficient (Wildman–Crippen LogP) is 13.8. The van der Waals surface area contributed by atoms with Gasteiger partial charge in [-0.25, -0.2) is 0 Å². The molecule has 0 fully saturated rings. The van der Waals surface area contributed by atoms with Gasteiger partial charge in [0.25, 0.3) is 0 Å². The van der Waals surface area contributed by atoms with Crippen LogP contribution in [-0.2, 0) is 18.3 Å². The molecule has 2 heteroatoms. The largest absolute Gasteiger partial charge is 0.456 e. The Bertz CT molecular complexity index is 2590. The summed E-state index contributed by atoms with van der Waals surface area (Å²) in [5.41, 5.74) is 18.4. The third-order valence-electron chi connectivity index (χ3n) is 11.1. The van der Waals surface area contributed by atoms with Crippen molar-refractivity contribution >= 4 is 39.0 Å². The summed E-state index contributed by atoms with van der Waals surface area (Å²) in [7, 11) is 0. The normalized spacial score (nSPS) is 13.0. The van der Waals surface area contributed by atoms with Gasteiger partial charge in [-0.15, -0.1) is 0 Å². The second kappa shape index (κ2) is 12.2. The Morgan fingerprint density at radius 1 is 0.451 bits per heavy atom. The molecule has 7 aromatic carbocycles. The van der Waals surface area contributed by atoms with Gasteiger partial charge in [0.1, 0.15) is 11.2 Å². The lowest BCUT2D eigenvalue weighted by molar-refractivity contribution is 0.660. The zero-order valence-electron chi connectivity index (χ0n) is 29.7. The van der Waals surface area contributed by atoms with Crippen molar-refractivity contribution in [2.75, 3.05) is 4.90 Å². The number of anilines is 3. The fourth-order valence-corrected chi connectivity index (χ4v) is 8.36. The van der Waals surface area contributed by atoms with Crippen LogP contribution in [0.4, 0.5) is 17.1 Å². The van der Waals surface area contributed by atoms with E-state index >= 15 is 0 Å². The van der Waals surface area contributed by atoms with Crippen LogP contribution in [0.25, 0.3) is 55.3 Å². The van der Waals surface area contributed by atoms with Gasteiger partial charge in [0.15, 0.2) is 0 Å². The van der Waals surface area contributed by atoms with Crippen LogP contribution in [0.3, 0.4) is 0 Å². The first-order valence-corrected chi connectivity index (χ1v) is 18.2. The molecule has 1 aliphatic rings. The van der Waals surface area contributed by atoms with E-state index in [9.17, 15) is 0 Å². The van der Waals surface area contributed by atoms with E-state index in [2.05, 4.69) is 172 Å². The van der Waals surface area contributed by atoms with E-state index in [0.29, 0.717) is 0 Å². The number of para-hydroxylation sites is 1. The third-order valence-corrected chi connectivity index (χ3v) is 11.1. The molecule has 0 aliphatic heterocycles. The van der Waals surface area contributed by atoms with Gasteiger partial charge in [0, 0.05) is 33.2 Å². The molecule has 8 aromatic rings. The number of furan rings is 1. The molecule has 0 unspecified atom stereocenters. The Morgan fingerprint density at radius 3 is 1.84 bits per heavy atom. The van der Waals surface area contributed by atoms with Gasteiger partial charge in [-0.1, -0.05) is 125 Å². The highest BCUT2D eigenvalue weighted by Gasteiger charge is 2.35. The van der Waals surface area contributed by atoms with Crippen LogP contribution in [0.1, 0.15) is 49.9 Å². The Balaban J connectivity index is 1.20. The van der Waals surface area contributed by atoms with E-state index in [-0.39, 0.29) is 5.41 Å². The number of hydrogen-bond acceptors (Lipinski definition) is 2. The zero-order valence-corrected chi connectivity index (χ0v) is 29.7. The van der Waals surface area contributed by atoms with Gasteiger partial charge in [0.2, 0.25) is 0 Å². The second-order valence-corrected chi connectivity index (χ2v) is 14.3. The Labute approximate surface area is 300 Å². The number of benzene rings is 7. The monoisotopic (exact) mass is 659 g/mol. The average molecular weight is 660 g/mol. The average Bonchev–Trinajstić information content (AvgIpc) is 3.66. The fraction of sp³-hybridized carbons (Fsp3) is 0.143. The minimum absolute atomic E-state index is 0.0435. The lowest BCUT2D eigenvalue weighted by atomic mass is 9.82. The maximum atomic E-state index is 6.12. The summed E-state index contributed by atoms with van der Waals surface area (Å²) in [6.45, 7) is 9.20. The first-order valence-electron chi connectivity index (χ1n) is 18.2. The van der Waals surface area contributed by atoms with E-state index in [0.717, 1.165) is 51.8 Å². The van der Waals surface area contributed by atoms with E-state index < -0.39 is 0 Å². The minimum atomic E-state index is -0.0435. The van der Waals surface area contributed by atoms with Gasteiger partial charge in [-0.3, -0.25) is 0 Å². The van der Waals surface area contributed by atoms with Crippen molar-refractivity contribution in [2.24, 2.45) is 0 Å². The van der Waals surface area contributed by atoms with Crippen LogP contribution in [0.5, 0.6) is 0 Å². The van der Waals surface area contributed by atoms with Crippen molar-refractivity contribution in [3.63, 3.8) is 0 Å². The molecule has 0 saturated carbocycles. The molecular weight excluding hydrogens is 619 g/mol. The summed E-state index contributed by atoms with van der Waals surface area (Å²) in [6, 6.07) is 55.7. The molecule has 0 spiro atoms. The zero-order chi connectivity index (χ0) is 34.7. The maximum Gasteiger partial charge on any atom is 0.135 e. The number of fused-ring (bicyclic) bond motifs is 6. The molecule has 1 heterocycles. The highest BCUT2D eigenvalue weighted by molar-refractivity contribution is 6.06. The highest BCUT2D eigenvalue weighted by atomic mass is 16.3. The summed E-state index contributed by atoms with van der Waals surface area (Å²) in [4.78, 5) is 2.43. The molecule has 0 N–H and O–H groups in total. The maximum absolute atomic E-state index is 6.12. The first kappa shape index (κ1) is 31.1. The number of nitrogens with zero attached hydrogens (tertiary/aromatic N) is 1. The number of aryl methyl sites for hydroxylation is 2. The summed E-state index contributed by atoms with van der Waals surface area (Å²) < 4.78 is 6.12. The summed E-state index contributed by atoms with van der Waals surface area (Å²) in [6.07, 6.45) is 1.97. The van der Waals surface area contributed by atoms with Gasteiger partial charge in [0.05, 0.1) is 0 Å². The van der Waals surface area contributed by atoms with E-state index in [4.69, 9.17) is 4.42 Å². The second-order valence-electron chi connectivity index (χ2n) is 14.3. The third kappa shape index (κ3) is 5.09. The van der Waals surface area contributed by atoms with Crippen molar-refractivity contribution in [1.29, 1.82) is 0 Å². The Hall–Kier alpha value is -5.86. The molecule has 0 bridgehead atoms. The minimum Gasteiger partial charge on any atom is -0.456 e. The van der Waals surface area contributed by atoms with Crippen LogP contribution >= 0.6 is 0 Å². The fourth-order valence-electron chi connectivity index (χ4n) is 8.36. The quantitative estimate of drug-likeness (QED) is 0.169. The van der Waals surface area contributed by atoms with Gasteiger partial charge >= 0.3 is 0 Å². The molecule has 2 nitrogen and oxygen atoms in total. The van der Waals surface area contributed by atoms with Gasteiger partial charge in [-0.2, -0.15) is 0 Å². The Kier molecular flexibility index (Phi) is 7.44. The SMILES string of the molecule is CCc1ccccc1-c1cc(N(c2ccc(-c3ccc4oc5ccccc5c4c3)cc2)c2ccc3c(c2)-c2ccccc2C3(C)C)ccc1CC. The van der Waals surface area contributed by atoms with Crippen molar-refractivity contribution in [3.05, 3.63) is 174 Å². The van der Waals surface area contributed by atoms with Gasteiger partial charge in [-0.05, 0) is 123 Å². The standard InChI is InChI=1S/C49H41NO/c1-5-32-13-7-8-14-39(32)42-30-37(25-19-33(42)6-2)50(38-26-27-46-43(31-38)40-15-9-11-17-45(40)49(46,3)4)36-23-20-34(21-24-36)35-22-28-48-44(29-35)41-16-10-12-18-47(41)51-48/h7-31H,5-6H2,1-4H3. The molecule has 0 saturated heterocycles.